The number of sulfonamides is 1. The number of aromatic nitrogens is 2. The predicted molar refractivity (Wildman–Crippen MR) is 119 cm³/mol. The molecule has 1 aromatic carbocycles. The number of hydrogen-bond donors (Lipinski definition) is 1. The molecule has 0 spiro atoms. The van der Waals surface area contributed by atoms with E-state index in [9.17, 15) is 30.0 Å². The molecule has 34 heavy (non-hydrogen) atoms. The van der Waals surface area contributed by atoms with Gasteiger partial charge >= 0.3 is 6.61 Å². The number of benzene rings is 1. The van der Waals surface area contributed by atoms with Crippen LogP contribution < -0.4 is 14.2 Å². The standard InChI is InChI=1S/C20H22F3N3O6S2/c1-20(2,3)34(29,30)16-10-26-14(9-24-17(26)8-15(16)31-4)11-6-12(21)18(32-19(22)23)13(7-11)25-33(5,27)28/h6-10,19,25H,1-5H3. The minimum absolute atomic E-state index is 0.0158. The Morgan fingerprint density at radius 3 is 2.29 bits per heavy atom. The Bertz CT molecular complexity index is 1460. The summed E-state index contributed by atoms with van der Waals surface area (Å²) < 4.78 is 101. The number of pyridine rings is 1. The number of rotatable bonds is 7. The van der Waals surface area contributed by atoms with E-state index in [1.165, 1.54) is 50.7 Å². The summed E-state index contributed by atoms with van der Waals surface area (Å²) in [6.07, 6.45) is 3.30. The molecule has 9 nitrogen and oxygen atoms in total. The maximum atomic E-state index is 14.7. The van der Waals surface area contributed by atoms with E-state index in [2.05, 4.69) is 9.72 Å². The van der Waals surface area contributed by atoms with Crippen LogP contribution in [0.5, 0.6) is 11.5 Å². The first-order valence-electron chi connectivity index (χ1n) is 9.61. The highest BCUT2D eigenvalue weighted by molar-refractivity contribution is 7.93. The highest BCUT2D eigenvalue weighted by atomic mass is 32.2. The largest absolute Gasteiger partial charge is 0.495 e. The van der Waals surface area contributed by atoms with E-state index in [1.807, 2.05) is 4.72 Å². The average Bonchev–Trinajstić information content (AvgIpc) is 3.10. The quantitative estimate of drug-likeness (QED) is 0.504. The van der Waals surface area contributed by atoms with Crippen molar-refractivity contribution in [2.24, 2.45) is 0 Å². The van der Waals surface area contributed by atoms with Gasteiger partial charge in [-0.1, -0.05) is 0 Å². The Morgan fingerprint density at radius 2 is 1.76 bits per heavy atom. The van der Waals surface area contributed by atoms with Crippen molar-refractivity contribution >= 4 is 31.2 Å². The van der Waals surface area contributed by atoms with Gasteiger partial charge in [-0.3, -0.25) is 9.12 Å². The van der Waals surface area contributed by atoms with Gasteiger partial charge in [-0.05, 0) is 32.9 Å². The van der Waals surface area contributed by atoms with Gasteiger partial charge in [0.25, 0.3) is 0 Å². The summed E-state index contributed by atoms with van der Waals surface area (Å²) in [4.78, 5) is 4.02. The second-order valence-corrected chi connectivity index (χ2v) is 12.7. The van der Waals surface area contributed by atoms with E-state index >= 15 is 0 Å². The first-order valence-corrected chi connectivity index (χ1v) is 13.0. The molecule has 0 atom stereocenters. The van der Waals surface area contributed by atoms with Gasteiger partial charge in [-0.15, -0.1) is 0 Å². The lowest BCUT2D eigenvalue weighted by Crippen LogP contribution is -2.28. The lowest BCUT2D eigenvalue weighted by Gasteiger charge is -2.21. The van der Waals surface area contributed by atoms with Crippen LogP contribution >= 0.6 is 0 Å². The molecule has 0 saturated carbocycles. The molecule has 0 fully saturated rings. The van der Waals surface area contributed by atoms with Crippen molar-refractivity contribution in [3.05, 3.63) is 36.4 Å². The number of halogens is 3. The lowest BCUT2D eigenvalue weighted by molar-refractivity contribution is -0.0516. The van der Waals surface area contributed by atoms with Crippen molar-refractivity contribution < 1.29 is 39.5 Å². The molecule has 2 heterocycles. The Kier molecular flexibility index (Phi) is 6.52. The highest BCUT2D eigenvalue weighted by Crippen LogP contribution is 2.38. The molecule has 2 aromatic heterocycles. The first-order chi connectivity index (χ1) is 15.5. The fourth-order valence-corrected chi connectivity index (χ4v) is 4.98. The van der Waals surface area contributed by atoms with Crippen molar-refractivity contribution in [1.29, 1.82) is 0 Å². The van der Waals surface area contributed by atoms with E-state index < -0.39 is 48.5 Å². The maximum absolute atomic E-state index is 14.7. The van der Waals surface area contributed by atoms with Crippen LogP contribution in [0, 0.1) is 5.82 Å². The lowest BCUT2D eigenvalue weighted by atomic mass is 10.1. The molecule has 0 aliphatic carbocycles. The van der Waals surface area contributed by atoms with Gasteiger partial charge < -0.3 is 9.47 Å². The van der Waals surface area contributed by atoms with Crippen molar-refractivity contribution in [1.82, 2.24) is 9.38 Å². The SMILES string of the molecule is COc1cc2ncc(-c3cc(F)c(OC(F)F)c(NS(C)(=O)=O)c3)n2cc1S(=O)(=O)C(C)(C)C. The second kappa shape index (κ2) is 8.65. The number of hydrogen-bond acceptors (Lipinski definition) is 7. The monoisotopic (exact) mass is 521 g/mol. The van der Waals surface area contributed by atoms with E-state index in [-0.39, 0.29) is 27.5 Å². The third-order valence-corrected chi connectivity index (χ3v) is 7.82. The molecule has 0 amide bonds. The van der Waals surface area contributed by atoms with E-state index in [0.29, 0.717) is 0 Å². The number of nitrogens with one attached hydrogen (secondary N) is 1. The van der Waals surface area contributed by atoms with Gasteiger partial charge in [-0.2, -0.15) is 8.78 Å². The zero-order valence-corrected chi connectivity index (χ0v) is 20.4. The normalized spacial score (nSPS) is 12.9. The van der Waals surface area contributed by atoms with Crippen LogP contribution in [0.2, 0.25) is 0 Å². The Morgan fingerprint density at radius 1 is 1.12 bits per heavy atom. The van der Waals surface area contributed by atoms with Crippen molar-refractivity contribution in [2.75, 3.05) is 18.1 Å². The van der Waals surface area contributed by atoms with Crippen molar-refractivity contribution in [3.8, 4) is 22.8 Å². The topological polar surface area (TPSA) is 116 Å². The van der Waals surface area contributed by atoms with Gasteiger partial charge in [0, 0.05) is 17.8 Å². The smallest absolute Gasteiger partial charge is 0.387 e. The maximum Gasteiger partial charge on any atom is 0.387 e. The number of fused-ring (bicyclic) bond motifs is 1. The van der Waals surface area contributed by atoms with Crippen LogP contribution in [0.15, 0.2) is 35.5 Å². The molecule has 0 bridgehead atoms. The Balaban J connectivity index is 2.30. The van der Waals surface area contributed by atoms with E-state index in [0.717, 1.165) is 18.4 Å². The molecule has 0 unspecified atom stereocenters. The third kappa shape index (κ3) is 4.92. The number of methoxy groups -OCH3 is 1. The molecular formula is C20H22F3N3O6S2. The average molecular weight is 522 g/mol. The zero-order chi connectivity index (χ0) is 25.6. The Labute approximate surface area is 194 Å². The number of nitrogens with zero attached hydrogens (tertiary/aromatic N) is 2. The molecule has 0 aliphatic heterocycles. The molecule has 1 N–H and O–H groups in total. The van der Waals surface area contributed by atoms with Crippen LogP contribution in [0.1, 0.15) is 20.8 Å². The molecular weight excluding hydrogens is 499 g/mol. The predicted octanol–water partition coefficient (Wildman–Crippen LogP) is 3.69. The molecule has 14 heteroatoms. The molecule has 0 saturated heterocycles. The summed E-state index contributed by atoms with van der Waals surface area (Å²) >= 11 is 0. The second-order valence-electron chi connectivity index (χ2n) is 8.28. The number of sulfone groups is 1. The molecule has 0 radical (unpaired) electrons. The molecule has 3 aromatic rings. The fourth-order valence-electron chi connectivity index (χ4n) is 3.12. The molecule has 0 aliphatic rings. The van der Waals surface area contributed by atoms with Crippen LogP contribution in [-0.2, 0) is 19.9 Å². The molecule has 3 rings (SSSR count). The van der Waals surface area contributed by atoms with Crippen LogP contribution in [0.4, 0.5) is 18.9 Å². The summed E-state index contributed by atoms with van der Waals surface area (Å²) in [7, 11) is -6.58. The molecule has 186 valence electrons. The first kappa shape index (κ1) is 25.6. The summed E-state index contributed by atoms with van der Waals surface area (Å²) in [5, 5.41) is 0. The van der Waals surface area contributed by atoms with Gasteiger partial charge in [0.15, 0.2) is 21.4 Å². The van der Waals surface area contributed by atoms with E-state index in [4.69, 9.17) is 4.74 Å². The minimum atomic E-state index is -3.99. The summed E-state index contributed by atoms with van der Waals surface area (Å²) in [5.41, 5.74) is -0.154. The number of anilines is 1. The minimum Gasteiger partial charge on any atom is -0.495 e. The van der Waals surface area contributed by atoms with Crippen molar-refractivity contribution in [3.63, 3.8) is 0 Å². The van der Waals surface area contributed by atoms with Gasteiger partial charge in [-0.25, -0.2) is 26.2 Å². The summed E-state index contributed by atoms with van der Waals surface area (Å²) in [6.45, 7) is 1.14. The number of alkyl halides is 2. The Hall–Kier alpha value is -3.00. The fraction of sp³-hybridized carbons (Fsp3) is 0.350. The van der Waals surface area contributed by atoms with Crippen LogP contribution in [-0.4, -0.2) is 50.9 Å². The van der Waals surface area contributed by atoms with Gasteiger partial charge in [0.1, 0.15) is 16.3 Å². The third-order valence-electron chi connectivity index (χ3n) is 4.73. The number of ether oxygens (including phenoxy) is 2. The van der Waals surface area contributed by atoms with Crippen molar-refractivity contribution in [2.45, 2.75) is 37.0 Å². The van der Waals surface area contributed by atoms with Crippen LogP contribution in [0.25, 0.3) is 16.9 Å². The van der Waals surface area contributed by atoms with E-state index in [1.54, 1.807) is 0 Å². The van der Waals surface area contributed by atoms with Gasteiger partial charge in [0.2, 0.25) is 10.0 Å². The summed E-state index contributed by atoms with van der Waals surface area (Å²) in [6, 6.07) is 3.30. The van der Waals surface area contributed by atoms with Gasteiger partial charge in [0.05, 0.1) is 35.7 Å². The number of imidazole rings is 1. The zero-order valence-electron chi connectivity index (χ0n) is 18.8. The van der Waals surface area contributed by atoms with Crippen LogP contribution in [0.3, 0.4) is 0 Å². The highest BCUT2D eigenvalue weighted by Gasteiger charge is 2.34. The summed E-state index contributed by atoms with van der Waals surface area (Å²) in [5.74, 6) is -2.21.